The van der Waals surface area contributed by atoms with Crippen LogP contribution in [0.5, 0.6) is 0 Å². The van der Waals surface area contributed by atoms with Gasteiger partial charge < -0.3 is 18.9 Å². The molecular weight excluding hydrogens is 330 g/mol. The van der Waals surface area contributed by atoms with Gasteiger partial charge in [0.05, 0.1) is 65.9 Å². The predicted molar refractivity (Wildman–Crippen MR) is 89.3 cm³/mol. The van der Waals surface area contributed by atoms with Crippen LogP contribution in [0.4, 0.5) is 0 Å². The third kappa shape index (κ3) is 9.24. The van der Waals surface area contributed by atoms with Crippen LogP contribution in [-0.4, -0.2) is 114 Å². The molecular formula is C16H29N3O6. The zero-order valence-electron chi connectivity index (χ0n) is 14.7. The minimum atomic E-state index is -0.304. The summed E-state index contributed by atoms with van der Waals surface area (Å²) in [5.74, 6) is -0.607. The van der Waals surface area contributed by atoms with E-state index in [1.54, 1.807) is 0 Å². The maximum atomic E-state index is 12.1. The van der Waals surface area contributed by atoms with E-state index in [-0.39, 0.29) is 24.9 Å². The van der Waals surface area contributed by atoms with Crippen LogP contribution < -0.4 is 5.32 Å². The fraction of sp³-hybridized carbons (Fsp3) is 0.875. The number of nitrogens with one attached hydrogen (secondary N) is 1. The van der Waals surface area contributed by atoms with Crippen molar-refractivity contribution in [2.45, 2.75) is 0 Å². The van der Waals surface area contributed by atoms with Crippen molar-refractivity contribution in [2.75, 3.05) is 92.1 Å². The smallest absolute Gasteiger partial charge is 0.240 e. The first-order valence-electron chi connectivity index (χ1n) is 8.82. The van der Waals surface area contributed by atoms with Gasteiger partial charge >= 0.3 is 0 Å². The molecule has 2 amide bonds. The second-order valence-corrected chi connectivity index (χ2v) is 5.97. The highest BCUT2D eigenvalue weighted by Gasteiger charge is 2.17. The Morgan fingerprint density at radius 1 is 0.560 bits per heavy atom. The monoisotopic (exact) mass is 359 g/mol. The molecule has 0 aromatic heterocycles. The number of nitrogens with zero attached hydrogens (tertiary/aromatic N) is 2. The lowest BCUT2D eigenvalue weighted by atomic mass is 10.4. The van der Waals surface area contributed by atoms with Crippen LogP contribution in [-0.2, 0) is 28.5 Å². The highest BCUT2D eigenvalue weighted by atomic mass is 16.5. The van der Waals surface area contributed by atoms with Crippen LogP contribution in [0.15, 0.2) is 0 Å². The van der Waals surface area contributed by atoms with Gasteiger partial charge in [-0.25, -0.2) is 0 Å². The van der Waals surface area contributed by atoms with Gasteiger partial charge in [-0.1, -0.05) is 0 Å². The molecule has 2 aliphatic rings. The average molecular weight is 359 g/mol. The number of carbonyl (C=O) groups excluding carboxylic acids is 2. The quantitative estimate of drug-likeness (QED) is 0.406. The van der Waals surface area contributed by atoms with Gasteiger partial charge in [-0.3, -0.25) is 24.7 Å². The molecule has 0 radical (unpaired) electrons. The highest BCUT2D eigenvalue weighted by Crippen LogP contribution is 1.95. The molecule has 0 atom stereocenters. The Labute approximate surface area is 148 Å². The molecule has 2 heterocycles. The van der Waals surface area contributed by atoms with E-state index in [0.717, 1.165) is 0 Å². The van der Waals surface area contributed by atoms with Gasteiger partial charge in [0.1, 0.15) is 0 Å². The minimum absolute atomic E-state index is 0.144. The molecule has 0 saturated carbocycles. The van der Waals surface area contributed by atoms with Crippen LogP contribution in [0.3, 0.4) is 0 Å². The first-order chi connectivity index (χ1) is 12.2. The summed E-state index contributed by atoms with van der Waals surface area (Å²) in [7, 11) is 0. The van der Waals surface area contributed by atoms with Crippen LogP contribution in [0.25, 0.3) is 0 Å². The van der Waals surface area contributed by atoms with E-state index in [1.807, 2.05) is 9.80 Å². The van der Waals surface area contributed by atoms with Crippen molar-refractivity contribution in [3.8, 4) is 0 Å². The van der Waals surface area contributed by atoms with Crippen molar-refractivity contribution >= 4 is 11.8 Å². The number of hydrogen-bond acceptors (Lipinski definition) is 8. The van der Waals surface area contributed by atoms with Crippen molar-refractivity contribution < 1.29 is 28.5 Å². The molecule has 2 fully saturated rings. The molecule has 2 aliphatic heterocycles. The number of imide groups is 1. The first kappa shape index (κ1) is 20.2. The number of amides is 2. The fourth-order valence-corrected chi connectivity index (χ4v) is 2.60. The zero-order valence-corrected chi connectivity index (χ0v) is 14.7. The van der Waals surface area contributed by atoms with Crippen LogP contribution in [0, 0.1) is 0 Å². The summed E-state index contributed by atoms with van der Waals surface area (Å²) in [5, 5.41) is 2.45. The molecule has 2 rings (SSSR count). The van der Waals surface area contributed by atoms with Crippen molar-refractivity contribution in [2.24, 2.45) is 0 Å². The number of ether oxygens (including phenoxy) is 4. The van der Waals surface area contributed by atoms with E-state index in [4.69, 9.17) is 18.9 Å². The molecule has 2 bridgehead atoms. The van der Waals surface area contributed by atoms with Crippen molar-refractivity contribution in [3.63, 3.8) is 0 Å². The largest absolute Gasteiger partial charge is 0.378 e. The van der Waals surface area contributed by atoms with Gasteiger partial charge in [-0.05, 0) is 0 Å². The summed E-state index contributed by atoms with van der Waals surface area (Å²) in [6.07, 6.45) is 0. The summed E-state index contributed by atoms with van der Waals surface area (Å²) < 4.78 is 22.2. The maximum Gasteiger partial charge on any atom is 0.240 e. The van der Waals surface area contributed by atoms with Crippen LogP contribution in [0.2, 0.25) is 0 Å². The predicted octanol–water partition coefficient (Wildman–Crippen LogP) is -1.67. The zero-order chi connectivity index (χ0) is 17.7. The van der Waals surface area contributed by atoms with Crippen molar-refractivity contribution in [3.05, 3.63) is 0 Å². The number of fused-ring (bicyclic) bond motifs is 6. The fourth-order valence-electron chi connectivity index (χ4n) is 2.60. The Kier molecular flexibility index (Phi) is 9.93. The lowest BCUT2D eigenvalue weighted by Crippen LogP contribution is -2.46. The van der Waals surface area contributed by atoms with E-state index in [0.29, 0.717) is 79.0 Å². The van der Waals surface area contributed by atoms with E-state index >= 15 is 0 Å². The number of carbonyl (C=O) groups is 2. The van der Waals surface area contributed by atoms with Crippen molar-refractivity contribution in [1.82, 2.24) is 15.1 Å². The number of hydrogen-bond donors (Lipinski definition) is 1. The second kappa shape index (κ2) is 12.3. The first-order valence-corrected chi connectivity index (χ1v) is 8.82. The Morgan fingerprint density at radius 3 is 1.20 bits per heavy atom. The van der Waals surface area contributed by atoms with Gasteiger partial charge in [-0.2, -0.15) is 0 Å². The molecule has 0 aromatic carbocycles. The van der Waals surface area contributed by atoms with Crippen LogP contribution in [0.1, 0.15) is 0 Å². The van der Waals surface area contributed by atoms with Gasteiger partial charge in [0.2, 0.25) is 11.8 Å². The SMILES string of the molecule is O=C1CN2CCOCCOCCN(CCOCCOCC2)CC(=O)N1. The Balaban J connectivity index is 2.03. The topological polar surface area (TPSA) is 89.6 Å². The van der Waals surface area contributed by atoms with E-state index in [1.165, 1.54) is 0 Å². The second-order valence-electron chi connectivity index (χ2n) is 5.97. The molecule has 9 nitrogen and oxygen atoms in total. The van der Waals surface area contributed by atoms with Gasteiger partial charge in [0.15, 0.2) is 0 Å². The summed E-state index contributed by atoms with van der Waals surface area (Å²) in [6, 6.07) is 0. The molecule has 1 N–H and O–H groups in total. The molecule has 2 saturated heterocycles. The molecule has 25 heavy (non-hydrogen) atoms. The van der Waals surface area contributed by atoms with E-state index in [9.17, 15) is 9.59 Å². The Morgan fingerprint density at radius 2 is 0.880 bits per heavy atom. The summed E-state index contributed by atoms with van der Waals surface area (Å²) in [4.78, 5) is 28.1. The van der Waals surface area contributed by atoms with Crippen molar-refractivity contribution in [1.29, 1.82) is 0 Å². The van der Waals surface area contributed by atoms with Gasteiger partial charge in [0.25, 0.3) is 0 Å². The molecule has 0 spiro atoms. The Bertz CT molecular complexity index is 353. The van der Waals surface area contributed by atoms with Gasteiger partial charge in [0, 0.05) is 26.2 Å². The molecule has 144 valence electrons. The van der Waals surface area contributed by atoms with Gasteiger partial charge in [-0.15, -0.1) is 0 Å². The lowest BCUT2D eigenvalue weighted by Gasteiger charge is -2.22. The maximum absolute atomic E-state index is 12.1. The summed E-state index contributed by atoms with van der Waals surface area (Å²) in [5.41, 5.74) is 0. The van der Waals surface area contributed by atoms with E-state index in [2.05, 4.69) is 5.32 Å². The molecule has 0 unspecified atom stereocenters. The standard InChI is InChI=1S/C16H29N3O6/c20-15-13-18-1-5-22-9-10-24-7-3-19(14-16(21)17-15)4-8-25-12-11-23-6-2-18/h1-14H2,(H,17,20,21). The van der Waals surface area contributed by atoms with Crippen LogP contribution >= 0.6 is 0 Å². The third-order valence-corrected chi connectivity index (χ3v) is 3.96. The molecule has 9 heteroatoms. The van der Waals surface area contributed by atoms with E-state index < -0.39 is 0 Å². The number of rotatable bonds is 0. The third-order valence-electron chi connectivity index (χ3n) is 3.96. The normalized spacial score (nSPS) is 29.6. The lowest BCUT2D eigenvalue weighted by molar-refractivity contribution is -0.131. The molecule has 0 aliphatic carbocycles. The minimum Gasteiger partial charge on any atom is -0.378 e. The average Bonchev–Trinajstić information content (AvgIpc) is 2.58. The Hall–Kier alpha value is -1.10. The summed E-state index contributed by atoms with van der Waals surface area (Å²) >= 11 is 0. The molecule has 0 aromatic rings. The highest BCUT2D eigenvalue weighted by molar-refractivity contribution is 5.96. The summed E-state index contributed by atoms with van der Waals surface area (Å²) in [6.45, 7) is 6.70.